The zero-order chi connectivity index (χ0) is 14.0. The van der Waals surface area contributed by atoms with Gasteiger partial charge in [-0.15, -0.1) is 0 Å². The van der Waals surface area contributed by atoms with E-state index in [0.717, 1.165) is 12.8 Å². The number of aliphatic carboxylic acids is 1. The highest BCUT2D eigenvalue weighted by molar-refractivity contribution is 5.79. The first-order valence-electron chi connectivity index (χ1n) is 6.28. The van der Waals surface area contributed by atoms with Crippen LogP contribution in [0.3, 0.4) is 0 Å². The second-order valence-electron chi connectivity index (χ2n) is 4.03. The second kappa shape index (κ2) is 9.70. The Bertz CT molecular complexity index is 257. The number of rotatable bonds is 9. The van der Waals surface area contributed by atoms with Gasteiger partial charge < -0.3 is 19.9 Å². The highest BCUT2D eigenvalue weighted by atomic mass is 16.5. The van der Waals surface area contributed by atoms with Crippen LogP contribution >= 0.6 is 0 Å². The molecule has 0 aromatic heterocycles. The third kappa shape index (κ3) is 7.89. The molecule has 6 heteroatoms. The Morgan fingerprint density at radius 3 is 2.50 bits per heavy atom. The van der Waals surface area contributed by atoms with Crippen LogP contribution in [0.25, 0.3) is 0 Å². The van der Waals surface area contributed by atoms with Crippen molar-refractivity contribution in [1.82, 2.24) is 5.32 Å². The summed E-state index contributed by atoms with van der Waals surface area (Å²) in [5.74, 6) is -1.09. The van der Waals surface area contributed by atoms with Gasteiger partial charge in [-0.2, -0.15) is 0 Å². The molecule has 1 amide bonds. The molecule has 0 saturated heterocycles. The predicted octanol–water partition coefficient (Wildman–Crippen LogP) is 1.78. The molecule has 2 atom stereocenters. The predicted molar refractivity (Wildman–Crippen MR) is 66.5 cm³/mol. The number of hydrogen-bond acceptors (Lipinski definition) is 4. The number of carboxylic acids is 1. The molecular formula is C12H23NO5. The Morgan fingerprint density at radius 1 is 1.33 bits per heavy atom. The molecule has 0 radical (unpaired) electrons. The number of carbonyl (C=O) groups is 2. The van der Waals surface area contributed by atoms with Crippen molar-refractivity contribution in [1.29, 1.82) is 0 Å². The topological polar surface area (TPSA) is 84.9 Å². The zero-order valence-electron chi connectivity index (χ0n) is 11.3. The number of carboxylic acid groups (broad SMARTS) is 1. The summed E-state index contributed by atoms with van der Waals surface area (Å²) in [6, 6.07) is -0.985. The SMILES string of the molecule is CCCCOC(=O)NC(CC(C)OCC)C(=O)O. The van der Waals surface area contributed by atoms with Gasteiger partial charge in [0.1, 0.15) is 6.04 Å². The molecule has 106 valence electrons. The third-order valence-electron chi connectivity index (χ3n) is 2.34. The maximum Gasteiger partial charge on any atom is 0.407 e. The summed E-state index contributed by atoms with van der Waals surface area (Å²) >= 11 is 0. The van der Waals surface area contributed by atoms with Crippen LogP contribution in [0.1, 0.15) is 40.0 Å². The Hall–Kier alpha value is -1.30. The van der Waals surface area contributed by atoms with Crippen LogP contribution in [0.4, 0.5) is 4.79 Å². The van der Waals surface area contributed by atoms with Gasteiger partial charge in [-0.1, -0.05) is 13.3 Å². The summed E-state index contributed by atoms with van der Waals surface area (Å²) in [7, 11) is 0. The number of alkyl carbamates (subject to hydrolysis) is 1. The quantitative estimate of drug-likeness (QED) is 0.618. The Morgan fingerprint density at radius 2 is 2.00 bits per heavy atom. The molecule has 0 spiro atoms. The maximum atomic E-state index is 11.3. The van der Waals surface area contributed by atoms with Crippen molar-refractivity contribution >= 4 is 12.1 Å². The second-order valence-corrected chi connectivity index (χ2v) is 4.03. The smallest absolute Gasteiger partial charge is 0.407 e. The molecular weight excluding hydrogens is 238 g/mol. The van der Waals surface area contributed by atoms with E-state index in [-0.39, 0.29) is 12.5 Å². The van der Waals surface area contributed by atoms with Crippen molar-refractivity contribution in [3.8, 4) is 0 Å². The van der Waals surface area contributed by atoms with Gasteiger partial charge in [-0.25, -0.2) is 9.59 Å². The summed E-state index contributed by atoms with van der Waals surface area (Å²) in [5, 5.41) is 11.3. The Balaban J connectivity index is 4.10. The van der Waals surface area contributed by atoms with Crippen molar-refractivity contribution < 1.29 is 24.2 Å². The molecule has 0 aliphatic carbocycles. The lowest BCUT2D eigenvalue weighted by molar-refractivity contribution is -0.140. The van der Waals surface area contributed by atoms with E-state index < -0.39 is 18.1 Å². The van der Waals surface area contributed by atoms with Crippen LogP contribution in [0, 0.1) is 0 Å². The zero-order valence-corrected chi connectivity index (χ0v) is 11.3. The van der Waals surface area contributed by atoms with E-state index >= 15 is 0 Å². The first-order valence-corrected chi connectivity index (χ1v) is 6.28. The Kier molecular flexibility index (Phi) is 9.00. The highest BCUT2D eigenvalue weighted by Crippen LogP contribution is 2.03. The lowest BCUT2D eigenvalue weighted by atomic mass is 10.1. The van der Waals surface area contributed by atoms with Crippen LogP contribution < -0.4 is 5.32 Å². The lowest BCUT2D eigenvalue weighted by Gasteiger charge is -2.18. The minimum absolute atomic E-state index is 0.214. The number of nitrogens with one attached hydrogen (secondary N) is 1. The van der Waals surface area contributed by atoms with Crippen LogP contribution in [-0.4, -0.2) is 42.5 Å². The van der Waals surface area contributed by atoms with E-state index in [1.165, 1.54) is 0 Å². The van der Waals surface area contributed by atoms with E-state index in [4.69, 9.17) is 14.6 Å². The normalized spacial score (nSPS) is 13.7. The van der Waals surface area contributed by atoms with Crippen molar-refractivity contribution in [3.05, 3.63) is 0 Å². The molecule has 2 N–H and O–H groups in total. The van der Waals surface area contributed by atoms with Crippen molar-refractivity contribution in [3.63, 3.8) is 0 Å². The van der Waals surface area contributed by atoms with E-state index in [0.29, 0.717) is 13.2 Å². The minimum Gasteiger partial charge on any atom is -0.480 e. The summed E-state index contributed by atoms with van der Waals surface area (Å²) in [6.45, 7) is 6.39. The lowest BCUT2D eigenvalue weighted by Crippen LogP contribution is -2.43. The summed E-state index contributed by atoms with van der Waals surface area (Å²) < 4.78 is 10.1. The summed E-state index contributed by atoms with van der Waals surface area (Å²) in [6.07, 6.45) is 0.968. The molecule has 0 bridgehead atoms. The minimum atomic E-state index is -1.09. The van der Waals surface area contributed by atoms with E-state index in [9.17, 15) is 9.59 Å². The average molecular weight is 261 g/mol. The molecule has 2 unspecified atom stereocenters. The fourth-order valence-corrected chi connectivity index (χ4v) is 1.40. The highest BCUT2D eigenvalue weighted by Gasteiger charge is 2.23. The molecule has 18 heavy (non-hydrogen) atoms. The fourth-order valence-electron chi connectivity index (χ4n) is 1.40. The number of hydrogen-bond donors (Lipinski definition) is 2. The fraction of sp³-hybridized carbons (Fsp3) is 0.833. The van der Waals surface area contributed by atoms with E-state index in [2.05, 4.69) is 5.32 Å². The standard InChI is InChI=1S/C12H23NO5/c1-4-6-7-18-12(16)13-10(11(14)15)8-9(3)17-5-2/h9-10H,4-8H2,1-3H3,(H,13,16)(H,14,15). The number of ether oxygens (including phenoxy) is 2. The Labute approximate surface area is 108 Å². The molecule has 6 nitrogen and oxygen atoms in total. The number of amides is 1. The van der Waals surface area contributed by atoms with Gasteiger partial charge in [0.05, 0.1) is 12.7 Å². The molecule has 0 aromatic rings. The first-order chi connectivity index (χ1) is 8.51. The van der Waals surface area contributed by atoms with Gasteiger partial charge in [0.15, 0.2) is 0 Å². The van der Waals surface area contributed by atoms with Crippen LogP contribution in [-0.2, 0) is 14.3 Å². The van der Waals surface area contributed by atoms with E-state index in [1.807, 2.05) is 13.8 Å². The van der Waals surface area contributed by atoms with Crippen LogP contribution in [0.5, 0.6) is 0 Å². The van der Waals surface area contributed by atoms with Crippen molar-refractivity contribution in [2.24, 2.45) is 0 Å². The van der Waals surface area contributed by atoms with E-state index in [1.54, 1.807) is 6.92 Å². The number of unbranched alkanes of at least 4 members (excludes halogenated alkanes) is 1. The van der Waals surface area contributed by atoms with Crippen LogP contribution in [0.15, 0.2) is 0 Å². The largest absolute Gasteiger partial charge is 0.480 e. The first kappa shape index (κ1) is 16.7. The molecule has 0 saturated carbocycles. The average Bonchev–Trinajstić information content (AvgIpc) is 2.28. The maximum absolute atomic E-state index is 11.3. The summed E-state index contributed by atoms with van der Waals surface area (Å²) in [5.41, 5.74) is 0. The molecule has 0 aliphatic rings. The number of carbonyl (C=O) groups excluding carboxylic acids is 1. The van der Waals surface area contributed by atoms with Gasteiger partial charge in [-0.3, -0.25) is 0 Å². The van der Waals surface area contributed by atoms with Gasteiger partial charge in [0, 0.05) is 13.0 Å². The van der Waals surface area contributed by atoms with Crippen molar-refractivity contribution in [2.75, 3.05) is 13.2 Å². The monoisotopic (exact) mass is 261 g/mol. The van der Waals surface area contributed by atoms with Crippen LogP contribution in [0.2, 0.25) is 0 Å². The third-order valence-corrected chi connectivity index (χ3v) is 2.34. The molecule has 0 rings (SSSR count). The molecule has 0 aromatic carbocycles. The van der Waals surface area contributed by atoms with Crippen molar-refractivity contribution in [2.45, 2.75) is 52.2 Å². The molecule has 0 fully saturated rings. The van der Waals surface area contributed by atoms with Gasteiger partial charge >= 0.3 is 12.1 Å². The van der Waals surface area contributed by atoms with Gasteiger partial charge in [-0.05, 0) is 20.3 Å². The van der Waals surface area contributed by atoms with Gasteiger partial charge in [0.2, 0.25) is 0 Å². The summed E-state index contributed by atoms with van der Waals surface area (Å²) in [4.78, 5) is 22.3. The molecule has 0 heterocycles. The van der Waals surface area contributed by atoms with Gasteiger partial charge in [0.25, 0.3) is 0 Å². The molecule has 0 aliphatic heterocycles.